The Hall–Kier alpha value is -0.820. The first-order chi connectivity index (χ1) is 6.27. The predicted octanol–water partition coefficient (Wildman–Crippen LogP) is 3.05. The molecule has 0 heterocycles. The molecule has 13 heavy (non-hydrogen) atoms. The fraction of sp³-hybridized carbons (Fsp3) is 0.500. The van der Waals surface area contributed by atoms with E-state index in [9.17, 15) is 0 Å². The lowest BCUT2D eigenvalue weighted by atomic mass is 10.0. The fourth-order valence-electron chi connectivity index (χ4n) is 1.50. The smallest absolute Gasteiger partial charge is 0.0292 e. The quantitative estimate of drug-likeness (QED) is 0.751. The van der Waals surface area contributed by atoms with Crippen molar-refractivity contribution >= 4 is 0 Å². The maximum Gasteiger partial charge on any atom is 0.0292 e. The van der Waals surface area contributed by atoms with E-state index in [0.717, 1.165) is 12.8 Å². The highest BCUT2D eigenvalue weighted by Crippen LogP contribution is 2.15. The number of nitrogens with two attached hydrogens (primary N) is 1. The van der Waals surface area contributed by atoms with Crippen molar-refractivity contribution in [3.63, 3.8) is 0 Å². The summed E-state index contributed by atoms with van der Waals surface area (Å²) in [5, 5.41) is 0. The summed E-state index contributed by atoms with van der Waals surface area (Å²) in [6.07, 6.45) is 3.37. The first kappa shape index (κ1) is 10.3. The van der Waals surface area contributed by atoms with Crippen LogP contribution < -0.4 is 5.73 Å². The molecule has 1 aromatic carbocycles. The van der Waals surface area contributed by atoms with Gasteiger partial charge in [-0.1, -0.05) is 44.5 Å². The average Bonchev–Trinajstić information content (AvgIpc) is 2.18. The molecular formula is C12H19N. The van der Waals surface area contributed by atoms with E-state index >= 15 is 0 Å². The minimum atomic E-state index is 0.205. The molecule has 0 radical (unpaired) electrons. The third-order valence-corrected chi connectivity index (χ3v) is 2.36. The van der Waals surface area contributed by atoms with E-state index in [1.165, 1.54) is 17.5 Å². The van der Waals surface area contributed by atoms with Crippen molar-refractivity contribution in [2.45, 2.75) is 39.2 Å². The van der Waals surface area contributed by atoms with Crippen molar-refractivity contribution in [2.75, 3.05) is 0 Å². The second kappa shape index (κ2) is 5.03. The zero-order valence-corrected chi connectivity index (χ0v) is 8.59. The van der Waals surface area contributed by atoms with Crippen LogP contribution in [0.3, 0.4) is 0 Å². The molecule has 1 nitrogen and oxygen atoms in total. The molecule has 0 aliphatic carbocycles. The van der Waals surface area contributed by atoms with E-state index < -0.39 is 0 Å². The summed E-state index contributed by atoms with van der Waals surface area (Å²) < 4.78 is 0. The third-order valence-electron chi connectivity index (χ3n) is 2.36. The number of rotatable bonds is 4. The lowest BCUT2D eigenvalue weighted by Crippen LogP contribution is -2.08. The lowest BCUT2D eigenvalue weighted by Gasteiger charge is -2.10. The highest BCUT2D eigenvalue weighted by molar-refractivity contribution is 5.25. The first-order valence-electron chi connectivity index (χ1n) is 5.12. The molecule has 0 saturated carbocycles. The summed E-state index contributed by atoms with van der Waals surface area (Å²) in [5.74, 6) is 0. The van der Waals surface area contributed by atoms with Gasteiger partial charge in [-0.15, -0.1) is 0 Å². The molecule has 0 fully saturated rings. The van der Waals surface area contributed by atoms with Crippen LogP contribution in [0.15, 0.2) is 24.3 Å². The molecule has 1 aromatic rings. The monoisotopic (exact) mass is 177 g/mol. The number of hydrogen-bond acceptors (Lipinski definition) is 1. The molecule has 0 aromatic heterocycles. The minimum Gasteiger partial charge on any atom is -0.324 e. The number of hydrogen-bond donors (Lipinski definition) is 1. The van der Waals surface area contributed by atoms with Crippen molar-refractivity contribution in [2.24, 2.45) is 5.73 Å². The van der Waals surface area contributed by atoms with Gasteiger partial charge < -0.3 is 5.73 Å². The van der Waals surface area contributed by atoms with Gasteiger partial charge in [0.1, 0.15) is 0 Å². The second-order valence-electron chi connectivity index (χ2n) is 3.51. The molecule has 0 aliphatic heterocycles. The van der Waals surface area contributed by atoms with Crippen LogP contribution in [-0.2, 0) is 6.42 Å². The fourth-order valence-corrected chi connectivity index (χ4v) is 1.50. The molecule has 0 spiro atoms. The molecular weight excluding hydrogens is 158 g/mol. The van der Waals surface area contributed by atoms with Gasteiger partial charge in [0.05, 0.1) is 0 Å². The van der Waals surface area contributed by atoms with Crippen LogP contribution in [0.4, 0.5) is 0 Å². The molecule has 72 valence electrons. The van der Waals surface area contributed by atoms with Gasteiger partial charge in [0.15, 0.2) is 0 Å². The Morgan fingerprint density at radius 1 is 1.31 bits per heavy atom. The molecule has 1 rings (SSSR count). The molecule has 0 aliphatic rings. The largest absolute Gasteiger partial charge is 0.324 e. The van der Waals surface area contributed by atoms with Gasteiger partial charge in [-0.3, -0.25) is 0 Å². The topological polar surface area (TPSA) is 26.0 Å². The van der Waals surface area contributed by atoms with Crippen molar-refractivity contribution < 1.29 is 0 Å². The summed E-state index contributed by atoms with van der Waals surface area (Å²) in [4.78, 5) is 0. The van der Waals surface area contributed by atoms with Crippen LogP contribution in [0, 0.1) is 0 Å². The van der Waals surface area contributed by atoms with Gasteiger partial charge in [0.2, 0.25) is 0 Å². The summed E-state index contributed by atoms with van der Waals surface area (Å²) in [6, 6.07) is 8.84. The zero-order chi connectivity index (χ0) is 9.68. The van der Waals surface area contributed by atoms with Gasteiger partial charge >= 0.3 is 0 Å². The van der Waals surface area contributed by atoms with E-state index in [1.807, 2.05) is 0 Å². The Balaban J connectivity index is 2.78. The predicted molar refractivity (Wildman–Crippen MR) is 57.7 cm³/mol. The van der Waals surface area contributed by atoms with E-state index in [4.69, 9.17) is 5.73 Å². The van der Waals surface area contributed by atoms with E-state index in [1.54, 1.807) is 0 Å². The maximum atomic E-state index is 5.96. The average molecular weight is 177 g/mol. The van der Waals surface area contributed by atoms with Crippen LogP contribution in [0.5, 0.6) is 0 Å². The van der Waals surface area contributed by atoms with Crippen LogP contribution in [0.25, 0.3) is 0 Å². The zero-order valence-electron chi connectivity index (χ0n) is 8.59. The standard InChI is InChI=1S/C12H19N/c1-3-6-10-7-5-8-11(9-10)12(13)4-2/h5,7-9,12H,3-4,6,13H2,1-2H3. The summed E-state index contributed by atoms with van der Waals surface area (Å²) >= 11 is 0. The first-order valence-corrected chi connectivity index (χ1v) is 5.12. The highest BCUT2D eigenvalue weighted by atomic mass is 14.6. The minimum absolute atomic E-state index is 0.205. The van der Waals surface area contributed by atoms with E-state index in [0.29, 0.717) is 0 Å². The lowest BCUT2D eigenvalue weighted by molar-refractivity contribution is 0.697. The third kappa shape index (κ3) is 2.85. The Labute approximate surface area is 81.0 Å². The Bertz CT molecular complexity index is 255. The highest BCUT2D eigenvalue weighted by Gasteiger charge is 2.02. The van der Waals surface area contributed by atoms with E-state index in [-0.39, 0.29) is 6.04 Å². The van der Waals surface area contributed by atoms with Gasteiger partial charge in [0, 0.05) is 6.04 Å². The molecule has 0 saturated heterocycles. The molecule has 1 unspecified atom stereocenters. The van der Waals surface area contributed by atoms with Gasteiger partial charge in [-0.05, 0) is 24.0 Å². The Morgan fingerprint density at radius 2 is 2.08 bits per heavy atom. The Morgan fingerprint density at radius 3 is 2.69 bits per heavy atom. The van der Waals surface area contributed by atoms with Crippen molar-refractivity contribution in [1.82, 2.24) is 0 Å². The van der Waals surface area contributed by atoms with E-state index in [2.05, 4.69) is 38.1 Å². The maximum absolute atomic E-state index is 5.96. The molecule has 1 atom stereocenters. The number of aryl methyl sites for hydroxylation is 1. The number of benzene rings is 1. The van der Waals surface area contributed by atoms with Crippen LogP contribution in [0.2, 0.25) is 0 Å². The molecule has 1 heteroatoms. The Kier molecular flexibility index (Phi) is 3.97. The molecule has 0 bridgehead atoms. The van der Waals surface area contributed by atoms with Crippen LogP contribution in [0.1, 0.15) is 43.9 Å². The van der Waals surface area contributed by atoms with Crippen LogP contribution in [-0.4, -0.2) is 0 Å². The summed E-state index contributed by atoms with van der Waals surface area (Å²) in [7, 11) is 0. The van der Waals surface area contributed by atoms with Gasteiger partial charge in [0.25, 0.3) is 0 Å². The summed E-state index contributed by atoms with van der Waals surface area (Å²) in [6.45, 7) is 4.32. The second-order valence-corrected chi connectivity index (χ2v) is 3.51. The van der Waals surface area contributed by atoms with Crippen molar-refractivity contribution in [3.8, 4) is 0 Å². The molecule has 0 amide bonds. The van der Waals surface area contributed by atoms with Crippen LogP contribution >= 0.6 is 0 Å². The molecule has 2 N–H and O–H groups in total. The van der Waals surface area contributed by atoms with Gasteiger partial charge in [-0.25, -0.2) is 0 Å². The summed E-state index contributed by atoms with van der Waals surface area (Å²) in [5.41, 5.74) is 8.64. The van der Waals surface area contributed by atoms with Crippen molar-refractivity contribution in [3.05, 3.63) is 35.4 Å². The normalized spacial score (nSPS) is 12.8. The van der Waals surface area contributed by atoms with Crippen molar-refractivity contribution in [1.29, 1.82) is 0 Å². The SMILES string of the molecule is CCCc1cccc(C(N)CC)c1. The van der Waals surface area contributed by atoms with Gasteiger partial charge in [-0.2, -0.15) is 0 Å².